The molecular formula is C11H17N3O2. The van der Waals surface area contributed by atoms with E-state index < -0.39 is 0 Å². The Bertz CT molecular complexity index is 375. The van der Waals surface area contributed by atoms with Crippen LogP contribution in [0.5, 0.6) is 0 Å². The van der Waals surface area contributed by atoms with Gasteiger partial charge in [0, 0.05) is 26.3 Å². The van der Waals surface area contributed by atoms with Gasteiger partial charge in [0.15, 0.2) is 0 Å². The Kier molecular flexibility index (Phi) is 3.24. The zero-order chi connectivity index (χ0) is 11.5. The van der Waals surface area contributed by atoms with E-state index >= 15 is 0 Å². The number of rotatable bonds is 3. The van der Waals surface area contributed by atoms with Crippen molar-refractivity contribution in [2.24, 2.45) is 13.0 Å². The van der Waals surface area contributed by atoms with Crippen molar-refractivity contribution in [3.63, 3.8) is 0 Å². The normalized spacial score (nSPS) is 21.2. The quantitative estimate of drug-likeness (QED) is 0.697. The summed E-state index contributed by atoms with van der Waals surface area (Å²) in [6, 6.07) is 2.01. The Morgan fingerprint density at radius 2 is 2.50 bits per heavy atom. The first kappa shape index (κ1) is 11.1. The molecule has 1 fully saturated rings. The van der Waals surface area contributed by atoms with Crippen molar-refractivity contribution < 1.29 is 9.53 Å². The standard InChI is InChI=1S/C11H17N3O2/c1-13-5-4-10(12-13)8-14-6-3-9(7-14)11(15)16-2/h4-5,9H,3,6-8H2,1-2H3. The van der Waals surface area contributed by atoms with Crippen molar-refractivity contribution in [2.45, 2.75) is 13.0 Å². The molecule has 2 heterocycles. The first-order chi connectivity index (χ1) is 7.69. The molecule has 1 unspecified atom stereocenters. The van der Waals surface area contributed by atoms with Gasteiger partial charge in [-0.15, -0.1) is 0 Å². The molecule has 1 aromatic rings. The highest BCUT2D eigenvalue weighted by Gasteiger charge is 2.29. The van der Waals surface area contributed by atoms with E-state index in [2.05, 4.69) is 10.00 Å². The van der Waals surface area contributed by atoms with Crippen LogP contribution in [0.25, 0.3) is 0 Å². The fraction of sp³-hybridized carbons (Fsp3) is 0.636. The van der Waals surface area contributed by atoms with Crippen LogP contribution < -0.4 is 0 Å². The number of aromatic nitrogens is 2. The Balaban J connectivity index is 1.87. The second-order valence-electron chi connectivity index (χ2n) is 4.22. The van der Waals surface area contributed by atoms with Crippen molar-refractivity contribution in [3.05, 3.63) is 18.0 Å². The van der Waals surface area contributed by atoms with Gasteiger partial charge in [-0.1, -0.05) is 0 Å². The second-order valence-corrected chi connectivity index (χ2v) is 4.22. The highest BCUT2D eigenvalue weighted by Crippen LogP contribution is 2.19. The lowest BCUT2D eigenvalue weighted by molar-refractivity contribution is -0.144. The predicted molar refractivity (Wildman–Crippen MR) is 58.6 cm³/mol. The molecule has 0 aliphatic carbocycles. The number of methoxy groups -OCH3 is 1. The third-order valence-electron chi connectivity index (χ3n) is 2.96. The van der Waals surface area contributed by atoms with Crippen molar-refractivity contribution in [3.8, 4) is 0 Å². The number of hydrogen-bond donors (Lipinski definition) is 0. The van der Waals surface area contributed by atoms with E-state index in [0.29, 0.717) is 0 Å². The Hall–Kier alpha value is -1.36. The van der Waals surface area contributed by atoms with Crippen molar-refractivity contribution >= 4 is 5.97 Å². The van der Waals surface area contributed by atoms with E-state index in [0.717, 1.165) is 31.7 Å². The molecule has 0 bridgehead atoms. The summed E-state index contributed by atoms with van der Waals surface area (Å²) in [6.07, 6.45) is 2.82. The van der Waals surface area contributed by atoms with Gasteiger partial charge in [0.25, 0.3) is 0 Å². The molecular weight excluding hydrogens is 206 g/mol. The predicted octanol–water partition coefficient (Wildman–Crippen LogP) is 0.415. The lowest BCUT2D eigenvalue weighted by Gasteiger charge is -2.13. The Morgan fingerprint density at radius 1 is 1.69 bits per heavy atom. The summed E-state index contributed by atoms with van der Waals surface area (Å²) in [6.45, 7) is 2.54. The van der Waals surface area contributed by atoms with E-state index in [1.165, 1.54) is 7.11 Å². The van der Waals surface area contributed by atoms with Gasteiger partial charge in [-0.3, -0.25) is 14.4 Å². The van der Waals surface area contributed by atoms with Gasteiger partial charge in [0.1, 0.15) is 0 Å². The number of likely N-dealkylation sites (tertiary alicyclic amines) is 1. The Labute approximate surface area is 95.0 Å². The number of hydrogen-bond acceptors (Lipinski definition) is 4. The molecule has 5 nitrogen and oxygen atoms in total. The van der Waals surface area contributed by atoms with Crippen LogP contribution >= 0.6 is 0 Å². The zero-order valence-corrected chi connectivity index (χ0v) is 9.72. The van der Waals surface area contributed by atoms with E-state index in [9.17, 15) is 4.79 Å². The van der Waals surface area contributed by atoms with Crippen LogP contribution in [0.15, 0.2) is 12.3 Å². The summed E-state index contributed by atoms with van der Waals surface area (Å²) in [5.41, 5.74) is 1.05. The number of esters is 1. The maximum absolute atomic E-state index is 11.3. The Morgan fingerprint density at radius 3 is 3.12 bits per heavy atom. The summed E-state index contributed by atoms with van der Waals surface area (Å²) in [5.74, 6) is -0.0581. The van der Waals surface area contributed by atoms with E-state index in [1.54, 1.807) is 4.68 Å². The monoisotopic (exact) mass is 223 g/mol. The highest BCUT2D eigenvalue weighted by molar-refractivity contribution is 5.72. The number of carbonyl (C=O) groups is 1. The summed E-state index contributed by atoms with van der Waals surface area (Å²) < 4.78 is 6.55. The minimum atomic E-state index is -0.0940. The molecule has 0 N–H and O–H groups in total. The highest BCUT2D eigenvalue weighted by atomic mass is 16.5. The van der Waals surface area contributed by atoms with Gasteiger partial charge >= 0.3 is 5.97 Å². The summed E-state index contributed by atoms with van der Waals surface area (Å²) in [7, 11) is 3.36. The molecule has 16 heavy (non-hydrogen) atoms. The lowest BCUT2D eigenvalue weighted by Crippen LogP contribution is -2.23. The molecule has 1 atom stereocenters. The van der Waals surface area contributed by atoms with Crippen LogP contribution in [0, 0.1) is 5.92 Å². The SMILES string of the molecule is COC(=O)C1CCN(Cc2ccn(C)n2)C1. The fourth-order valence-corrected chi connectivity index (χ4v) is 2.11. The molecule has 1 aliphatic rings. The van der Waals surface area contributed by atoms with Crippen LogP contribution in [0.1, 0.15) is 12.1 Å². The van der Waals surface area contributed by atoms with Crippen molar-refractivity contribution in [2.75, 3.05) is 20.2 Å². The van der Waals surface area contributed by atoms with Crippen LogP contribution in [-0.2, 0) is 23.1 Å². The van der Waals surface area contributed by atoms with E-state index in [1.807, 2.05) is 19.3 Å². The average Bonchev–Trinajstić information content (AvgIpc) is 2.87. The summed E-state index contributed by atoms with van der Waals surface area (Å²) >= 11 is 0. The van der Waals surface area contributed by atoms with Gasteiger partial charge in [0.05, 0.1) is 18.7 Å². The van der Waals surface area contributed by atoms with Gasteiger partial charge in [-0.05, 0) is 19.0 Å². The first-order valence-corrected chi connectivity index (χ1v) is 5.47. The molecule has 1 aliphatic heterocycles. The van der Waals surface area contributed by atoms with Crippen LogP contribution in [0.3, 0.4) is 0 Å². The summed E-state index contributed by atoms with van der Waals surface area (Å²) in [5, 5.41) is 4.32. The van der Waals surface area contributed by atoms with Gasteiger partial charge in [0.2, 0.25) is 0 Å². The molecule has 0 amide bonds. The van der Waals surface area contributed by atoms with Gasteiger partial charge in [-0.25, -0.2) is 0 Å². The lowest BCUT2D eigenvalue weighted by atomic mass is 10.1. The maximum atomic E-state index is 11.3. The largest absolute Gasteiger partial charge is 0.469 e. The minimum absolute atomic E-state index is 0.0358. The number of aryl methyl sites for hydroxylation is 1. The smallest absolute Gasteiger partial charge is 0.310 e. The molecule has 1 aromatic heterocycles. The topological polar surface area (TPSA) is 47.4 Å². The third-order valence-corrected chi connectivity index (χ3v) is 2.96. The van der Waals surface area contributed by atoms with Gasteiger partial charge < -0.3 is 4.74 Å². The zero-order valence-electron chi connectivity index (χ0n) is 9.72. The molecule has 0 saturated carbocycles. The third kappa shape index (κ3) is 2.41. The number of carbonyl (C=O) groups excluding carboxylic acids is 1. The fourth-order valence-electron chi connectivity index (χ4n) is 2.11. The molecule has 2 rings (SSSR count). The molecule has 0 spiro atoms. The van der Waals surface area contributed by atoms with Crippen LogP contribution in [0.2, 0.25) is 0 Å². The van der Waals surface area contributed by atoms with Gasteiger partial charge in [-0.2, -0.15) is 5.10 Å². The van der Waals surface area contributed by atoms with Crippen LogP contribution in [-0.4, -0.2) is 40.8 Å². The molecule has 0 radical (unpaired) electrons. The molecule has 5 heteroatoms. The van der Waals surface area contributed by atoms with E-state index in [4.69, 9.17) is 4.74 Å². The second kappa shape index (κ2) is 4.65. The number of ether oxygens (including phenoxy) is 1. The average molecular weight is 223 g/mol. The van der Waals surface area contributed by atoms with Crippen LogP contribution in [0.4, 0.5) is 0 Å². The number of nitrogens with zero attached hydrogens (tertiary/aromatic N) is 3. The molecule has 0 aromatic carbocycles. The van der Waals surface area contributed by atoms with Crippen molar-refractivity contribution in [1.82, 2.24) is 14.7 Å². The molecule has 88 valence electrons. The minimum Gasteiger partial charge on any atom is -0.469 e. The maximum Gasteiger partial charge on any atom is 0.310 e. The first-order valence-electron chi connectivity index (χ1n) is 5.47. The molecule has 1 saturated heterocycles. The summed E-state index contributed by atoms with van der Waals surface area (Å²) in [4.78, 5) is 13.6. The van der Waals surface area contributed by atoms with E-state index in [-0.39, 0.29) is 11.9 Å². The van der Waals surface area contributed by atoms with Crippen molar-refractivity contribution in [1.29, 1.82) is 0 Å².